The van der Waals surface area contributed by atoms with Crippen LogP contribution in [-0.4, -0.2) is 43.6 Å². The Morgan fingerprint density at radius 3 is 2.32 bits per heavy atom. The quantitative estimate of drug-likeness (QED) is 0.660. The molecule has 0 radical (unpaired) electrons. The van der Waals surface area contributed by atoms with E-state index in [2.05, 4.69) is 20.3 Å². The average Bonchev–Trinajstić information content (AvgIpc) is 2.66. The van der Waals surface area contributed by atoms with Crippen LogP contribution in [0.1, 0.15) is 5.69 Å². The molecule has 3 aromatic rings. The van der Waals surface area contributed by atoms with Crippen LogP contribution in [0.5, 0.6) is 11.8 Å². The zero-order chi connectivity index (χ0) is 20.3. The SMILES string of the molecule is COc1cc(OC)nc(NC(=O)NS(=O)(=O)c2cccc3ccc(C)nc23)n1. The highest BCUT2D eigenvalue weighted by Gasteiger charge is 2.22. The van der Waals surface area contributed by atoms with Gasteiger partial charge in [0.15, 0.2) is 0 Å². The number of benzene rings is 1. The summed E-state index contributed by atoms with van der Waals surface area (Å²) >= 11 is 0. The number of fused-ring (bicyclic) bond motifs is 1. The van der Waals surface area contributed by atoms with E-state index >= 15 is 0 Å². The number of hydrogen-bond acceptors (Lipinski definition) is 8. The second kappa shape index (κ2) is 7.64. The van der Waals surface area contributed by atoms with Crippen LogP contribution in [0, 0.1) is 6.92 Å². The number of amides is 2. The highest BCUT2D eigenvalue weighted by Crippen LogP contribution is 2.22. The molecule has 0 fully saturated rings. The van der Waals surface area contributed by atoms with Crippen molar-refractivity contribution in [3.8, 4) is 11.8 Å². The monoisotopic (exact) mass is 403 g/mol. The molecule has 146 valence electrons. The lowest BCUT2D eigenvalue weighted by atomic mass is 10.2. The van der Waals surface area contributed by atoms with E-state index in [0.717, 1.165) is 0 Å². The Morgan fingerprint density at radius 1 is 1.00 bits per heavy atom. The van der Waals surface area contributed by atoms with Crippen molar-refractivity contribution in [3.05, 3.63) is 42.1 Å². The van der Waals surface area contributed by atoms with Crippen LogP contribution in [-0.2, 0) is 10.0 Å². The fourth-order valence-corrected chi connectivity index (χ4v) is 3.49. The number of nitrogens with one attached hydrogen (secondary N) is 2. The number of aryl methyl sites for hydroxylation is 1. The van der Waals surface area contributed by atoms with Crippen LogP contribution < -0.4 is 19.5 Å². The molecule has 0 aliphatic carbocycles. The van der Waals surface area contributed by atoms with Crippen LogP contribution in [0.3, 0.4) is 0 Å². The molecule has 0 saturated heterocycles. The van der Waals surface area contributed by atoms with Crippen molar-refractivity contribution in [3.63, 3.8) is 0 Å². The third-order valence-corrected chi connectivity index (χ3v) is 5.02. The van der Waals surface area contributed by atoms with E-state index in [0.29, 0.717) is 11.1 Å². The van der Waals surface area contributed by atoms with E-state index in [9.17, 15) is 13.2 Å². The van der Waals surface area contributed by atoms with E-state index in [-0.39, 0.29) is 28.1 Å². The van der Waals surface area contributed by atoms with E-state index in [1.165, 1.54) is 26.4 Å². The van der Waals surface area contributed by atoms with Gasteiger partial charge in [-0.05, 0) is 19.1 Å². The predicted octanol–water partition coefficient (Wildman–Crippen LogP) is 1.86. The van der Waals surface area contributed by atoms with Gasteiger partial charge >= 0.3 is 6.03 Å². The van der Waals surface area contributed by atoms with Crippen molar-refractivity contribution >= 4 is 32.9 Å². The Labute approximate surface area is 161 Å². The fourth-order valence-electron chi connectivity index (χ4n) is 2.41. The van der Waals surface area contributed by atoms with Gasteiger partial charge < -0.3 is 9.47 Å². The summed E-state index contributed by atoms with van der Waals surface area (Å²) in [5.41, 5.74) is 0.915. The topological polar surface area (TPSA) is 132 Å². The molecule has 0 spiro atoms. The lowest BCUT2D eigenvalue weighted by Crippen LogP contribution is -2.35. The van der Waals surface area contributed by atoms with Gasteiger partial charge in [0.2, 0.25) is 17.7 Å². The molecule has 2 N–H and O–H groups in total. The summed E-state index contributed by atoms with van der Waals surface area (Å²) in [7, 11) is -1.44. The maximum atomic E-state index is 12.7. The van der Waals surface area contributed by atoms with Crippen LogP contribution in [0.15, 0.2) is 41.3 Å². The Kier molecular flexibility index (Phi) is 5.27. The highest BCUT2D eigenvalue weighted by molar-refractivity contribution is 7.90. The second-order valence-electron chi connectivity index (χ2n) is 5.62. The number of urea groups is 1. The number of carbonyl (C=O) groups is 1. The smallest absolute Gasteiger partial charge is 0.335 e. The Bertz CT molecular complexity index is 1130. The number of pyridine rings is 1. The zero-order valence-electron chi connectivity index (χ0n) is 15.3. The van der Waals surface area contributed by atoms with Crippen molar-refractivity contribution < 1.29 is 22.7 Å². The van der Waals surface area contributed by atoms with E-state index < -0.39 is 16.1 Å². The molecule has 28 heavy (non-hydrogen) atoms. The van der Waals surface area contributed by atoms with Crippen LogP contribution in [0.2, 0.25) is 0 Å². The van der Waals surface area contributed by atoms with Gasteiger partial charge in [-0.2, -0.15) is 9.97 Å². The van der Waals surface area contributed by atoms with Gasteiger partial charge in [0, 0.05) is 11.1 Å². The van der Waals surface area contributed by atoms with E-state index in [4.69, 9.17) is 9.47 Å². The van der Waals surface area contributed by atoms with Gasteiger partial charge in [-0.1, -0.05) is 18.2 Å². The second-order valence-corrected chi connectivity index (χ2v) is 7.27. The number of anilines is 1. The normalized spacial score (nSPS) is 11.1. The lowest BCUT2D eigenvalue weighted by Gasteiger charge is -2.11. The number of hydrogen-bond donors (Lipinski definition) is 2. The highest BCUT2D eigenvalue weighted by atomic mass is 32.2. The Balaban J connectivity index is 1.87. The number of nitrogens with zero attached hydrogens (tertiary/aromatic N) is 3. The molecule has 0 saturated carbocycles. The van der Waals surface area contributed by atoms with Gasteiger partial charge in [-0.25, -0.2) is 17.9 Å². The molecule has 10 nitrogen and oxygen atoms in total. The molecular weight excluding hydrogens is 386 g/mol. The maximum absolute atomic E-state index is 12.7. The fraction of sp³-hybridized carbons (Fsp3) is 0.176. The first kappa shape index (κ1) is 19.3. The summed E-state index contributed by atoms with van der Waals surface area (Å²) in [6.45, 7) is 1.75. The molecule has 3 rings (SSSR count). The molecule has 0 bridgehead atoms. The predicted molar refractivity (Wildman–Crippen MR) is 101 cm³/mol. The van der Waals surface area contributed by atoms with Gasteiger partial charge in [0.05, 0.1) is 25.8 Å². The molecule has 11 heteroatoms. The van der Waals surface area contributed by atoms with Crippen molar-refractivity contribution in [2.24, 2.45) is 0 Å². The summed E-state index contributed by atoms with van der Waals surface area (Å²) in [4.78, 5) is 24.2. The number of rotatable bonds is 5. The molecule has 0 aliphatic heterocycles. The lowest BCUT2D eigenvalue weighted by molar-refractivity contribution is 0.256. The van der Waals surface area contributed by atoms with Gasteiger partial charge in [0.1, 0.15) is 4.90 Å². The van der Waals surface area contributed by atoms with Crippen LogP contribution in [0.4, 0.5) is 10.7 Å². The first-order valence-corrected chi connectivity index (χ1v) is 9.48. The van der Waals surface area contributed by atoms with Gasteiger partial charge in [-0.15, -0.1) is 0 Å². The van der Waals surface area contributed by atoms with Crippen molar-refractivity contribution in [1.29, 1.82) is 0 Å². The summed E-state index contributed by atoms with van der Waals surface area (Å²) in [6, 6.07) is 8.57. The number of methoxy groups -OCH3 is 2. The largest absolute Gasteiger partial charge is 0.481 e. The van der Waals surface area contributed by atoms with Crippen LogP contribution in [0.25, 0.3) is 10.9 Å². The first-order valence-electron chi connectivity index (χ1n) is 7.99. The minimum absolute atomic E-state index is 0.118. The number of aromatic nitrogens is 3. The average molecular weight is 403 g/mol. The molecule has 1 aromatic carbocycles. The number of ether oxygens (including phenoxy) is 2. The third-order valence-electron chi connectivity index (χ3n) is 3.66. The minimum Gasteiger partial charge on any atom is -0.481 e. The summed E-state index contributed by atoms with van der Waals surface area (Å²) < 4.78 is 37.3. The Hall–Kier alpha value is -3.47. The minimum atomic E-state index is -4.20. The number of para-hydroxylation sites is 1. The molecule has 0 atom stereocenters. The maximum Gasteiger partial charge on any atom is 0.335 e. The molecule has 2 heterocycles. The summed E-state index contributed by atoms with van der Waals surface area (Å²) in [5, 5.41) is 2.88. The molecular formula is C17H17N5O5S. The molecule has 2 amide bonds. The standard InChI is InChI=1S/C17H17N5O5S/c1-10-7-8-11-5-4-6-12(15(11)18-10)28(24,25)22-17(23)21-16-19-13(26-2)9-14(20-16)27-3/h4-9H,1-3H3,(H2,19,20,21,22,23). The van der Waals surface area contributed by atoms with Crippen molar-refractivity contribution in [2.75, 3.05) is 19.5 Å². The zero-order valence-corrected chi connectivity index (χ0v) is 16.1. The summed E-state index contributed by atoms with van der Waals surface area (Å²) in [6.07, 6.45) is 0. The Morgan fingerprint density at radius 2 is 1.68 bits per heavy atom. The number of sulfonamides is 1. The first-order chi connectivity index (χ1) is 13.3. The molecule has 0 unspecified atom stereocenters. The van der Waals surface area contributed by atoms with Gasteiger partial charge in [0.25, 0.3) is 10.0 Å². The molecule has 0 aliphatic rings. The van der Waals surface area contributed by atoms with E-state index in [1.54, 1.807) is 31.2 Å². The van der Waals surface area contributed by atoms with E-state index in [1.807, 2.05) is 4.72 Å². The van der Waals surface area contributed by atoms with Crippen LogP contribution >= 0.6 is 0 Å². The number of carbonyl (C=O) groups excluding carboxylic acids is 1. The van der Waals surface area contributed by atoms with Crippen molar-refractivity contribution in [1.82, 2.24) is 19.7 Å². The molecule has 2 aromatic heterocycles. The van der Waals surface area contributed by atoms with Crippen molar-refractivity contribution in [2.45, 2.75) is 11.8 Å². The third kappa shape index (κ3) is 4.09. The summed E-state index contributed by atoms with van der Waals surface area (Å²) in [5.74, 6) is 0.0910. The van der Waals surface area contributed by atoms with Gasteiger partial charge in [-0.3, -0.25) is 10.3 Å².